The van der Waals surface area contributed by atoms with Crippen LogP contribution in [-0.4, -0.2) is 23.6 Å². The quantitative estimate of drug-likeness (QED) is 0.819. The van der Waals surface area contributed by atoms with Gasteiger partial charge in [-0.3, -0.25) is 14.4 Å². The molecule has 1 fully saturated rings. The van der Waals surface area contributed by atoms with E-state index < -0.39 is 11.2 Å². The zero-order valence-corrected chi connectivity index (χ0v) is 13.2. The lowest BCUT2D eigenvalue weighted by molar-refractivity contribution is -0.120. The van der Waals surface area contributed by atoms with Crippen LogP contribution in [0.5, 0.6) is 0 Å². The number of benzene rings is 1. The van der Waals surface area contributed by atoms with Gasteiger partial charge in [0.2, 0.25) is 17.1 Å². The van der Waals surface area contributed by atoms with Gasteiger partial charge in [-0.1, -0.05) is 13.3 Å². The highest BCUT2D eigenvalue weighted by Crippen LogP contribution is 2.27. The van der Waals surface area contributed by atoms with E-state index in [0.29, 0.717) is 24.3 Å². The van der Waals surface area contributed by atoms with Crippen LogP contribution in [0.1, 0.15) is 32.6 Å². The molecule has 1 atom stereocenters. The fourth-order valence-electron chi connectivity index (χ4n) is 2.39. The van der Waals surface area contributed by atoms with E-state index in [9.17, 15) is 14.4 Å². The number of carbonyl (C=O) groups is 3. The van der Waals surface area contributed by atoms with Crippen LogP contribution in [0.2, 0.25) is 0 Å². The Morgan fingerprint density at radius 3 is 2.55 bits per heavy atom. The fraction of sp³-hybridized carbons (Fsp3) is 0.438. The monoisotopic (exact) mass is 322 g/mol. The van der Waals surface area contributed by atoms with Gasteiger partial charge < -0.3 is 10.2 Å². The zero-order valence-electron chi connectivity index (χ0n) is 12.5. The third kappa shape index (κ3) is 4.07. The molecule has 1 saturated heterocycles. The van der Waals surface area contributed by atoms with Crippen LogP contribution >= 0.6 is 11.6 Å². The van der Waals surface area contributed by atoms with Crippen molar-refractivity contribution in [1.29, 1.82) is 0 Å². The molecular weight excluding hydrogens is 304 g/mol. The fourth-order valence-corrected chi connectivity index (χ4v) is 2.54. The van der Waals surface area contributed by atoms with E-state index >= 15 is 0 Å². The smallest absolute Gasteiger partial charge is 0.227 e. The summed E-state index contributed by atoms with van der Waals surface area (Å²) in [6, 6.07) is 7.02. The Morgan fingerprint density at radius 1 is 1.32 bits per heavy atom. The SMILES string of the molecule is CCCCC(=O)Nc1ccc(N2CC(C(=O)Cl)CC2=O)cc1. The van der Waals surface area contributed by atoms with Crippen molar-refractivity contribution in [3.63, 3.8) is 0 Å². The van der Waals surface area contributed by atoms with Crippen molar-refractivity contribution in [2.75, 3.05) is 16.8 Å². The van der Waals surface area contributed by atoms with Crippen molar-refractivity contribution in [3.05, 3.63) is 24.3 Å². The van der Waals surface area contributed by atoms with Crippen molar-refractivity contribution < 1.29 is 14.4 Å². The van der Waals surface area contributed by atoms with Gasteiger partial charge in [-0.15, -0.1) is 0 Å². The first-order chi connectivity index (χ1) is 10.5. The molecule has 22 heavy (non-hydrogen) atoms. The summed E-state index contributed by atoms with van der Waals surface area (Å²) in [6.45, 7) is 2.34. The van der Waals surface area contributed by atoms with Crippen LogP contribution in [0.25, 0.3) is 0 Å². The first kappa shape index (κ1) is 16.5. The van der Waals surface area contributed by atoms with Crippen LogP contribution in [0.4, 0.5) is 11.4 Å². The van der Waals surface area contributed by atoms with Crippen LogP contribution in [0.15, 0.2) is 24.3 Å². The van der Waals surface area contributed by atoms with E-state index in [1.807, 2.05) is 6.92 Å². The Labute approximate surface area is 134 Å². The lowest BCUT2D eigenvalue weighted by Crippen LogP contribution is -2.25. The summed E-state index contributed by atoms with van der Waals surface area (Å²) in [6.07, 6.45) is 2.49. The summed E-state index contributed by atoms with van der Waals surface area (Å²) in [5.74, 6) is -0.569. The number of anilines is 2. The number of hydrogen-bond acceptors (Lipinski definition) is 3. The molecule has 2 rings (SSSR count). The van der Waals surface area contributed by atoms with Crippen molar-refractivity contribution in [2.24, 2.45) is 5.92 Å². The Bertz CT molecular complexity index is 571. The number of unbranched alkanes of at least 4 members (excludes halogenated alkanes) is 1. The first-order valence-electron chi connectivity index (χ1n) is 7.41. The Kier molecular flexibility index (Phi) is 5.55. The predicted molar refractivity (Wildman–Crippen MR) is 85.9 cm³/mol. The highest BCUT2D eigenvalue weighted by Gasteiger charge is 2.34. The van der Waals surface area contributed by atoms with Crippen molar-refractivity contribution in [1.82, 2.24) is 0 Å². The van der Waals surface area contributed by atoms with E-state index in [-0.39, 0.29) is 18.2 Å². The normalized spacial score (nSPS) is 17.6. The topological polar surface area (TPSA) is 66.5 Å². The van der Waals surface area contributed by atoms with Gasteiger partial charge in [0, 0.05) is 30.8 Å². The molecule has 6 heteroatoms. The molecule has 0 aromatic heterocycles. The van der Waals surface area contributed by atoms with Crippen molar-refractivity contribution in [2.45, 2.75) is 32.6 Å². The number of nitrogens with zero attached hydrogens (tertiary/aromatic N) is 1. The number of halogens is 1. The zero-order chi connectivity index (χ0) is 16.1. The average molecular weight is 323 g/mol. The standard InChI is InChI=1S/C16H19ClN2O3/c1-2-3-4-14(20)18-12-5-7-13(8-6-12)19-10-11(16(17)22)9-15(19)21/h5-8,11H,2-4,9-10H2,1H3,(H,18,20). The third-order valence-corrected chi connectivity index (χ3v) is 3.97. The summed E-state index contributed by atoms with van der Waals surface area (Å²) in [7, 11) is 0. The van der Waals surface area contributed by atoms with Crippen LogP contribution in [0.3, 0.4) is 0 Å². The Hall–Kier alpha value is -1.88. The van der Waals surface area contributed by atoms with Gasteiger partial charge in [0.15, 0.2) is 0 Å². The van der Waals surface area contributed by atoms with Crippen LogP contribution < -0.4 is 10.2 Å². The maximum absolute atomic E-state index is 11.9. The summed E-state index contributed by atoms with van der Waals surface area (Å²) < 4.78 is 0. The highest BCUT2D eigenvalue weighted by atomic mass is 35.5. The van der Waals surface area contributed by atoms with Gasteiger partial charge in [0.05, 0.1) is 5.92 Å². The van der Waals surface area contributed by atoms with E-state index in [0.717, 1.165) is 12.8 Å². The summed E-state index contributed by atoms with van der Waals surface area (Å²) in [5, 5.41) is 2.34. The minimum absolute atomic E-state index is 0.0142. The molecule has 1 aromatic rings. The average Bonchev–Trinajstić information content (AvgIpc) is 2.88. The molecule has 1 N–H and O–H groups in total. The highest BCUT2D eigenvalue weighted by molar-refractivity contribution is 6.64. The predicted octanol–water partition coefficient (Wildman–Crippen LogP) is 2.93. The largest absolute Gasteiger partial charge is 0.326 e. The van der Waals surface area contributed by atoms with E-state index in [1.165, 1.54) is 0 Å². The number of amides is 2. The molecule has 1 heterocycles. The molecule has 0 radical (unpaired) electrons. The van der Waals surface area contributed by atoms with Gasteiger partial charge in [-0.25, -0.2) is 0 Å². The molecule has 1 aliphatic heterocycles. The van der Waals surface area contributed by atoms with Crippen molar-refractivity contribution in [3.8, 4) is 0 Å². The molecule has 1 aromatic carbocycles. The summed E-state index contributed by atoms with van der Waals surface area (Å²) in [5.41, 5.74) is 1.40. The maximum Gasteiger partial charge on any atom is 0.227 e. The lowest BCUT2D eigenvalue weighted by atomic mass is 10.1. The third-order valence-electron chi connectivity index (χ3n) is 3.67. The molecule has 0 bridgehead atoms. The van der Waals surface area contributed by atoms with Gasteiger partial charge in [-0.2, -0.15) is 0 Å². The number of carbonyl (C=O) groups excluding carboxylic acids is 3. The molecular formula is C16H19ClN2O3. The first-order valence-corrected chi connectivity index (χ1v) is 7.78. The van der Waals surface area contributed by atoms with E-state index in [1.54, 1.807) is 29.2 Å². The molecule has 1 unspecified atom stereocenters. The number of rotatable bonds is 6. The summed E-state index contributed by atoms with van der Waals surface area (Å²) >= 11 is 5.46. The molecule has 2 amide bonds. The lowest BCUT2D eigenvalue weighted by Gasteiger charge is -2.16. The Morgan fingerprint density at radius 2 is 2.00 bits per heavy atom. The van der Waals surface area contributed by atoms with Gasteiger partial charge in [-0.05, 0) is 42.3 Å². The van der Waals surface area contributed by atoms with E-state index in [4.69, 9.17) is 11.6 Å². The van der Waals surface area contributed by atoms with Crippen LogP contribution in [-0.2, 0) is 14.4 Å². The second kappa shape index (κ2) is 7.40. The number of hydrogen-bond donors (Lipinski definition) is 1. The summed E-state index contributed by atoms with van der Waals surface area (Å²) in [4.78, 5) is 36.3. The minimum Gasteiger partial charge on any atom is -0.326 e. The molecule has 0 aliphatic carbocycles. The van der Waals surface area contributed by atoms with Crippen LogP contribution in [0, 0.1) is 5.92 Å². The second-order valence-electron chi connectivity index (χ2n) is 5.41. The van der Waals surface area contributed by atoms with Crippen molar-refractivity contribution >= 4 is 40.0 Å². The molecule has 1 aliphatic rings. The van der Waals surface area contributed by atoms with Gasteiger partial charge >= 0.3 is 0 Å². The van der Waals surface area contributed by atoms with Gasteiger partial charge in [0.25, 0.3) is 0 Å². The second-order valence-corrected chi connectivity index (χ2v) is 5.78. The molecule has 0 saturated carbocycles. The Balaban J connectivity index is 1.99. The molecule has 118 valence electrons. The van der Waals surface area contributed by atoms with E-state index in [2.05, 4.69) is 5.32 Å². The maximum atomic E-state index is 11.9. The minimum atomic E-state index is -0.476. The number of nitrogens with one attached hydrogen (secondary N) is 1. The van der Waals surface area contributed by atoms with Gasteiger partial charge in [0.1, 0.15) is 0 Å². The molecule has 5 nitrogen and oxygen atoms in total. The molecule has 0 spiro atoms.